The second-order valence-electron chi connectivity index (χ2n) is 6.28. The van der Waals surface area contributed by atoms with Crippen LogP contribution < -0.4 is 5.32 Å². The summed E-state index contributed by atoms with van der Waals surface area (Å²) >= 11 is 0. The fourth-order valence-electron chi connectivity index (χ4n) is 2.64. The van der Waals surface area contributed by atoms with E-state index < -0.39 is 0 Å². The second-order valence-corrected chi connectivity index (χ2v) is 6.28. The number of hydrogen-bond donors (Lipinski definition) is 1. The summed E-state index contributed by atoms with van der Waals surface area (Å²) in [4.78, 5) is 0. The first kappa shape index (κ1) is 17.2. The van der Waals surface area contributed by atoms with Gasteiger partial charge in [-0.05, 0) is 26.2 Å². The molecular weight excluding hydrogens is 246 g/mol. The van der Waals surface area contributed by atoms with E-state index in [4.69, 9.17) is 5.10 Å². The van der Waals surface area contributed by atoms with E-state index in [1.165, 1.54) is 42.6 Å². The molecule has 0 aliphatic heterocycles. The average Bonchev–Trinajstić information content (AvgIpc) is 2.67. The Hall–Kier alpha value is -0.830. The van der Waals surface area contributed by atoms with Crippen molar-refractivity contribution in [2.75, 3.05) is 0 Å². The molecule has 1 heterocycles. The number of aryl methyl sites for hydroxylation is 1. The van der Waals surface area contributed by atoms with E-state index >= 15 is 0 Å². The van der Waals surface area contributed by atoms with Crippen molar-refractivity contribution in [3.05, 3.63) is 17.0 Å². The minimum absolute atomic E-state index is 0.519. The lowest BCUT2D eigenvalue weighted by atomic mass is 9.99. The van der Waals surface area contributed by atoms with Crippen molar-refractivity contribution in [2.24, 2.45) is 5.92 Å². The van der Waals surface area contributed by atoms with Crippen LogP contribution in [-0.4, -0.2) is 15.8 Å². The van der Waals surface area contributed by atoms with Gasteiger partial charge in [0.25, 0.3) is 0 Å². The summed E-state index contributed by atoms with van der Waals surface area (Å²) in [6, 6.07) is 0.519. The van der Waals surface area contributed by atoms with E-state index in [2.05, 4.69) is 51.5 Å². The molecule has 0 amide bonds. The van der Waals surface area contributed by atoms with Crippen molar-refractivity contribution >= 4 is 0 Å². The SMILES string of the molecule is CCCCC(CC)Cn1nc(C)c(CNC(C)C)c1C. The number of nitrogens with zero attached hydrogens (tertiary/aromatic N) is 2. The Morgan fingerprint density at radius 2 is 1.90 bits per heavy atom. The third-order valence-corrected chi connectivity index (χ3v) is 4.19. The first-order valence-corrected chi connectivity index (χ1v) is 8.25. The predicted octanol–water partition coefficient (Wildman–Crippen LogP) is 4.21. The summed E-state index contributed by atoms with van der Waals surface area (Å²) in [6.45, 7) is 15.3. The van der Waals surface area contributed by atoms with E-state index in [-0.39, 0.29) is 0 Å². The largest absolute Gasteiger partial charge is 0.310 e. The van der Waals surface area contributed by atoms with Crippen molar-refractivity contribution in [3.63, 3.8) is 0 Å². The Morgan fingerprint density at radius 3 is 2.45 bits per heavy atom. The highest BCUT2D eigenvalue weighted by Crippen LogP contribution is 2.19. The monoisotopic (exact) mass is 279 g/mol. The first-order chi connectivity index (χ1) is 9.49. The molecule has 0 fully saturated rings. The van der Waals surface area contributed by atoms with Gasteiger partial charge >= 0.3 is 0 Å². The van der Waals surface area contributed by atoms with E-state index in [1.807, 2.05) is 0 Å². The van der Waals surface area contributed by atoms with Crippen LogP contribution in [0.3, 0.4) is 0 Å². The summed E-state index contributed by atoms with van der Waals surface area (Å²) in [5, 5.41) is 8.27. The zero-order chi connectivity index (χ0) is 15.1. The third kappa shape index (κ3) is 4.93. The minimum Gasteiger partial charge on any atom is -0.310 e. The van der Waals surface area contributed by atoms with Crippen molar-refractivity contribution in [1.29, 1.82) is 0 Å². The Balaban J connectivity index is 2.73. The smallest absolute Gasteiger partial charge is 0.0641 e. The van der Waals surface area contributed by atoms with Crippen molar-refractivity contribution in [3.8, 4) is 0 Å². The first-order valence-electron chi connectivity index (χ1n) is 8.25. The molecule has 0 aliphatic rings. The van der Waals surface area contributed by atoms with Crippen LogP contribution in [-0.2, 0) is 13.1 Å². The summed E-state index contributed by atoms with van der Waals surface area (Å²) in [5.41, 5.74) is 3.90. The highest BCUT2D eigenvalue weighted by molar-refractivity contribution is 5.24. The normalized spacial score (nSPS) is 13.2. The molecular formula is C17H33N3. The Bertz CT molecular complexity index is 393. The van der Waals surface area contributed by atoms with E-state index in [9.17, 15) is 0 Å². The van der Waals surface area contributed by atoms with Crippen LogP contribution in [0.5, 0.6) is 0 Å². The maximum atomic E-state index is 4.76. The zero-order valence-corrected chi connectivity index (χ0v) is 14.3. The Kier molecular flexibility index (Phi) is 7.28. The van der Waals surface area contributed by atoms with Crippen LogP contribution in [0, 0.1) is 19.8 Å². The van der Waals surface area contributed by atoms with Crippen LogP contribution in [0.1, 0.15) is 70.3 Å². The molecule has 1 unspecified atom stereocenters. The van der Waals surface area contributed by atoms with Crippen molar-refractivity contribution < 1.29 is 0 Å². The van der Waals surface area contributed by atoms with Gasteiger partial charge in [0, 0.05) is 30.4 Å². The van der Waals surface area contributed by atoms with E-state index in [0.717, 1.165) is 19.0 Å². The minimum atomic E-state index is 0.519. The quantitative estimate of drug-likeness (QED) is 0.733. The number of rotatable bonds is 9. The molecule has 1 N–H and O–H groups in total. The average molecular weight is 279 g/mol. The standard InChI is InChI=1S/C17H33N3/c1-7-9-10-16(8-2)12-20-15(6)17(14(5)19-20)11-18-13(3)4/h13,16,18H,7-12H2,1-6H3. The molecule has 0 saturated heterocycles. The molecule has 0 aromatic carbocycles. The van der Waals surface area contributed by atoms with Crippen molar-refractivity contribution in [1.82, 2.24) is 15.1 Å². The van der Waals surface area contributed by atoms with Crippen molar-refractivity contribution in [2.45, 2.75) is 86.4 Å². The molecule has 0 bridgehead atoms. The number of nitrogens with one attached hydrogen (secondary N) is 1. The molecule has 3 heteroatoms. The van der Waals surface area contributed by atoms with Gasteiger partial charge in [0.2, 0.25) is 0 Å². The third-order valence-electron chi connectivity index (χ3n) is 4.19. The van der Waals surface area contributed by atoms with Gasteiger partial charge in [0.05, 0.1) is 5.69 Å². The van der Waals surface area contributed by atoms with Gasteiger partial charge in [-0.3, -0.25) is 4.68 Å². The lowest BCUT2D eigenvalue weighted by molar-refractivity contribution is 0.367. The molecule has 0 saturated carbocycles. The molecule has 3 nitrogen and oxygen atoms in total. The van der Waals surface area contributed by atoms with Gasteiger partial charge in [-0.1, -0.05) is 47.0 Å². The summed E-state index contributed by atoms with van der Waals surface area (Å²) < 4.78 is 2.23. The van der Waals surface area contributed by atoms with Gasteiger partial charge in [0.15, 0.2) is 0 Å². The van der Waals surface area contributed by atoms with Crippen LogP contribution in [0.4, 0.5) is 0 Å². The molecule has 20 heavy (non-hydrogen) atoms. The van der Waals surface area contributed by atoms with Gasteiger partial charge in [-0.2, -0.15) is 5.10 Å². The van der Waals surface area contributed by atoms with Gasteiger partial charge in [0.1, 0.15) is 0 Å². The topological polar surface area (TPSA) is 29.9 Å². The van der Waals surface area contributed by atoms with E-state index in [1.54, 1.807) is 0 Å². The molecule has 1 atom stereocenters. The summed E-state index contributed by atoms with van der Waals surface area (Å²) in [6.07, 6.45) is 5.19. The van der Waals surface area contributed by atoms with Gasteiger partial charge < -0.3 is 5.32 Å². The molecule has 0 aliphatic carbocycles. The molecule has 0 spiro atoms. The fraction of sp³-hybridized carbons (Fsp3) is 0.824. The second kappa shape index (κ2) is 8.46. The lowest BCUT2D eigenvalue weighted by Crippen LogP contribution is -2.22. The molecule has 1 aromatic rings. The van der Waals surface area contributed by atoms with E-state index in [0.29, 0.717) is 6.04 Å². The van der Waals surface area contributed by atoms with Crippen LogP contribution in [0.25, 0.3) is 0 Å². The molecule has 116 valence electrons. The number of aromatic nitrogens is 2. The van der Waals surface area contributed by atoms with Gasteiger partial charge in [-0.25, -0.2) is 0 Å². The predicted molar refractivity (Wildman–Crippen MR) is 87.0 cm³/mol. The number of unbranched alkanes of at least 4 members (excludes halogenated alkanes) is 1. The summed E-state index contributed by atoms with van der Waals surface area (Å²) in [5.74, 6) is 0.763. The lowest BCUT2D eigenvalue weighted by Gasteiger charge is -2.16. The van der Waals surface area contributed by atoms with Crippen LogP contribution in [0.2, 0.25) is 0 Å². The van der Waals surface area contributed by atoms with Crippen LogP contribution >= 0.6 is 0 Å². The Labute approximate surface area is 125 Å². The maximum Gasteiger partial charge on any atom is 0.0641 e. The highest BCUT2D eigenvalue weighted by Gasteiger charge is 2.14. The zero-order valence-electron chi connectivity index (χ0n) is 14.3. The highest BCUT2D eigenvalue weighted by atomic mass is 15.3. The van der Waals surface area contributed by atoms with Crippen LogP contribution in [0.15, 0.2) is 0 Å². The Morgan fingerprint density at radius 1 is 1.20 bits per heavy atom. The maximum absolute atomic E-state index is 4.76. The fourth-order valence-corrected chi connectivity index (χ4v) is 2.64. The van der Waals surface area contributed by atoms with Gasteiger partial charge in [-0.15, -0.1) is 0 Å². The molecule has 1 aromatic heterocycles. The number of hydrogen-bond acceptors (Lipinski definition) is 2. The summed E-state index contributed by atoms with van der Waals surface area (Å²) in [7, 11) is 0. The molecule has 1 rings (SSSR count). The molecule has 0 radical (unpaired) electrons.